The molecule has 27 heavy (non-hydrogen) atoms. The number of anilines is 1. The number of methoxy groups -OCH3 is 1. The van der Waals surface area contributed by atoms with Crippen LogP contribution in [0.5, 0.6) is 0 Å². The summed E-state index contributed by atoms with van der Waals surface area (Å²) in [6.07, 6.45) is 0. The number of nitrogens with zero attached hydrogens (tertiary/aromatic N) is 2. The third-order valence-electron chi connectivity index (χ3n) is 4.85. The lowest BCUT2D eigenvalue weighted by atomic mass is 10.2. The largest absolute Gasteiger partial charge is 0.465 e. The Bertz CT molecular complexity index is 931. The predicted octanol–water partition coefficient (Wildman–Crippen LogP) is 2.60. The fraction of sp³-hybridized carbons (Fsp3) is 0.350. The van der Waals surface area contributed by atoms with Crippen molar-refractivity contribution in [2.24, 2.45) is 0 Å². The maximum Gasteiger partial charge on any atom is 0.337 e. The van der Waals surface area contributed by atoms with E-state index >= 15 is 0 Å². The van der Waals surface area contributed by atoms with Crippen molar-refractivity contribution in [1.29, 1.82) is 0 Å². The number of esters is 1. The molecule has 0 N–H and O–H groups in total. The molecule has 2 aromatic rings. The van der Waals surface area contributed by atoms with E-state index in [1.54, 1.807) is 22.5 Å². The van der Waals surface area contributed by atoms with E-state index in [0.29, 0.717) is 36.6 Å². The Kier molecular flexibility index (Phi) is 5.53. The van der Waals surface area contributed by atoms with Crippen LogP contribution < -0.4 is 4.90 Å². The van der Waals surface area contributed by atoms with Gasteiger partial charge in [0.1, 0.15) is 0 Å². The Balaban J connectivity index is 1.71. The molecule has 0 saturated carbocycles. The van der Waals surface area contributed by atoms with Gasteiger partial charge in [-0.15, -0.1) is 0 Å². The molecule has 1 saturated heterocycles. The van der Waals surface area contributed by atoms with E-state index in [1.165, 1.54) is 7.11 Å². The molecule has 6 nitrogen and oxygen atoms in total. The van der Waals surface area contributed by atoms with E-state index in [0.717, 1.165) is 16.8 Å². The summed E-state index contributed by atoms with van der Waals surface area (Å²) in [5, 5.41) is 0. The molecule has 0 spiro atoms. The second-order valence-corrected chi connectivity index (χ2v) is 8.60. The predicted molar refractivity (Wildman–Crippen MR) is 105 cm³/mol. The molecule has 0 bridgehead atoms. The first-order chi connectivity index (χ1) is 12.8. The summed E-state index contributed by atoms with van der Waals surface area (Å²) in [5.41, 5.74) is 3.16. The number of piperazine rings is 1. The Morgan fingerprint density at radius 2 is 1.59 bits per heavy atom. The maximum absolute atomic E-state index is 13.0. The van der Waals surface area contributed by atoms with Gasteiger partial charge >= 0.3 is 5.97 Å². The van der Waals surface area contributed by atoms with Crippen molar-refractivity contribution in [2.75, 3.05) is 38.2 Å². The highest BCUT2D eigenvalue weighted by molar-refractivity contribution is 7.89. The van der Waals surface area contributed by atoms with Gasteiger partial charge in [0.2, 0.25) is 10.0 Å². The van der Waals surface area contributed by atoms with E-state index in [9.17, 15) is 13.2 Å². The lowest BCUT2D eigenvalue weighted by Crippen LogP contribution is -2.48. The average molecular weight is 388 g/mol. The van der Waals surface area contributed by atoms with Crippen LogP contribution in [0.2, 0.25) is 0 Å². The van der Waals surface area contributed by atoms with E-state index in [2.05, 4.69) is 4.90 Å². The van der Waals surface area contributed by atoms with Gasteiger partial charge in [-0.1, -0.05) is 12.1 Å². The molecule has 1 aliphatic heterocycles. The summed E-state index contributed by atoms with van der Waals surface area (Å²) >= 11 is 0. The van der Waals surface area contributed by atoms with Crippen molar-refractivity contribution in [3.63, 3.8) is 0 Å². The summed E-state index contributed by atoms with van der Waals surface area (Å²) in [7, 11) is -2.14. The molecule has 1 heterocycles. The quantitative estimate of drug-likeness (QED) is 0.753. The highest BCUT2D eigenvalue weighted by Crippen LogP contribution is 2.24. The van der Waals surface area contributed by atoms with Gasteiger partial charge in [-0.2, -0.15) is 4.31 Å². The number of ether oxygens (including phenoxy) is 1. The van der Waals surface area contributed by atoms with Gasteiger partial charge in [-0.05, 0) is 55.3 Å². The van der Waals surface area contributed by atoms with Crippen molar-refractivity contribution in [3.8, 4) is 0 Å². The van der Waals surface area contributed by atoms with Crippen molar-refractivity contribution < 1.29 is 17.9 Å². The van der Waals surface area contributed by atoms with Crippen molar-refractivity contribution in [3.05, 3.63) is 59.2 Å². The third-order valence-corrected chi connectivity index (χ3v) is 6.89. The molecule has 2 aromatic carbocycles. The number of aryl methyl sites for hydroxylation is 2. The van der Waals surface area contributed by atoms with Crippen LogP contribution in [0.25, 0.3) is 0 Å². The molecule has 0 amide bonds. The minimum absolute atomic E-state index is 0.369. The molecule has 0 aromatic heterocycles. The molecule has 144 valence electrons. The first-order valence-electron chi connectivity index (χ1n) is 8.83. The van der Waals surface area contributed by atoms with E-state index in [4.69, 9.17) is 4.74 Å². The fourth-order valence-electron chi connectivity index (χ4n) is 3.24. The van der Waals surface area contributed by atoms with Crippen LogP contribution in [0.4, 0.5) is 5.69 Å². The molecular weight excluding hydrogens is 364 g/mol. The van der Waals surface area contributed by atoms with Crippen LogP contribution in [0.15, 0.2) is 47.4 Å². The first kappa shape index (κ1) is 19.4. The number of hydrogen-bond donors (Lipinski definition) is 0. The Morgan fingerprint density at radius 3 is 2.19 bits per heavy atom. The van der Waals surface area contributed by atoms with Crippen LogP contribution in [-0.2, 0) is 14.8 Å². The number of carbonyl (C=O) groups excluding carboxylic acids is 1. The zero-order valence-corrected chi connectivity index (χ0v) is 16.6. The normalized spacial score (nSPS) is 15.6. The zero-order chi connectivity index (χ0) is 19.6. The van der Waals surface area contributed by atoms with Gasteiger partial charge in [0, 0.05) is 31.9 Å². The molecule has 0 aliphatic carbocycles. The standard InChI is InChI=1S/C20H24N2O4S/c1-15-4-5-16(2)19(14-15)27(24,25)22-12-10-21(11-13-22)18-8-6-17(7-9-18)20(23)26-3/h4-9,14H,10-13H2,1-3H3. The van der Waals surface area contributed by atoms with Gasteiger partial charge < -0.3 is 9.64 Å². The second kappa shape index (κ2) is 7.70. The second-order valence-electron chi connectivity index (χ2n) is 6.70. The van der Waals surface area contributed by atoms with Gasteiger partial charge in [0.05, 0.1) is 17.6 Å². The first-order valence-corrected chi connectivity index (χ1v) is 10.3. The molecule has 1 fully saturated rings. The molecule has 0 radical (unpaired) electrons. The maximum atomic E-state index is 13.0. The molecular formula is C20H24N2O4S. The highest BCUT2D eigenvalue weighted by Gasteiger charge is 2.29. The monoisotopic (exact) mass is 388 g/mol. The van der Waals surface area contributed by atoms with E-state index in [-0.39, 0.29) is 5.97 Å². The Morgan fingerprint density at radius 1 is 0.963 bits per heavy atom. The summed E-state index contributed by atoms with van der Waals surface area (Å²) in [6, 6.07) is 12.7. The Labute approximate surface area is 160 Å². The topological polar surface area (TPSA) is 66.9 Å². The third kappa shape index (κ3) is 3.99. The summed E-state index contributed by atoms with van der Waals surface area (Å²) in [4.78, 5) is 14.0. The number of carbonyl (C=O) groups is 1. The van der Waals surface area contributed by atoms with Crippen LogP contribution in [0, 0.1) is 13.8 Å². The summed E-state index contributed by atoms with van der Waals surface area (Å²) < 4.78 is 32.3. The van der Waals surface area contributed by atoms with Gasteiger partial charge in [-0.3, -0.25) is 0 Å². The number of benzene rings is 2. The van der Waals surface area contributed by atoms with Gasteiger partial charge in [0.15, 0.2) is 0 Å². The summed E-state index contributed by atoms with van der Waals surface area (Å²) in [5.74, 6) is -0.369. The lowest BCUT2D eigenvalue weighted by Gasteiger charge is -2.35. The average Bonchev–Trinajstić information content (AvgIpc) is 2.69. The smallest absolute Gasteiger partial charge is 0.337 e. The van der Waals surface area contributed by atoms with Crippen LogP contribution in [-0.4, -0.2) is 52.0 Å². The van der Waals surface area contributed by atoms with Crippen LogP contribution >= 0.6 is 0 Å². The number of sulfonamides is 1. The van der Waals surface area contributed by atoms with Gasteiger partial charge in [0.25, 0.3) is 0 Å². The van der Waals surface area contributed by atoms with Crippen LogP contribution in [0.3, 0.4) is 0 Å². The summed E-state index contributed by atoms with van der Waals surface area (Å²) in [6.45, 7) is 5.77. The highest BCUT2D eigenvalue weighted by atomic mass is 32.2. The van der Waals surface area contributed by atoms with Gasteiger partial charge in [-0.25, -0.2) is 13.2 Å². The van der Waals surface area contributed by atoms with Crippen molar-refractivity contribution in [1.82, 2.24) is 4.31 Å². The lowest BCUT2D eigenvalue weighted by molar-refractivity contribution is 0.0600. The van der Waals surface area contributed by atoms with Crippen LogP contribution in [0.1, 0.15) is 21.5 Å². The molecule has 3 rings (SSSR count). The zero-order valence-electron chi connectivity index (χ0n) is 15.8. The number of rotatable bonds is 4. The molecule has 0 unspecified atom stereocenters. The number of hydrogen-bond acceptors (Lipinski definition) is 5. The molecule has 7 heteroatoms. The van der Waals surface area contributed by atoms with E-state index in [1.807, 2.05) is 38.1 Å². The fourth-order valence-corrected chi connectivity index (χ4v) is 4.97. The van der Waals surface area contributed by atoms with Crippen molar-refractivity contribution >= 4 is 21.7 Å². The molecule has 0 atom stereocenters. The SMILES string of the molecule is COC(=O)c1ccc(N2CCN(S(=O)(=O)c3cc(C)ccc3C)CC2)cc1. The molecule has 1 aliphatic rings. The van der Waals surface area contributed by atoms with Crippen molar-refractivity contribution in [2.45, 2.75) is 18.7 Å². The Hall–Kier alpha value is -2.38. The minimum Gasteiger partial charge on any atom is -0.465 e. The minimum atomic E-state index is -3.50. The van der Waals surface area contributed by atoms with E-state index < -0.39 is 10.0 Å².